The molecule has 0 saturated carbocycles. The Morgan fingerprint density at radius 2 is 1.71 bits per heavy atom. The van der Waals surface area contributed by atoms with Crippen LogP contribution in [-0.2, 0) is 32.1 Å². The van der Waals surface area contributed by atoms with Gasteiger partial charge in [-0.1, -0.05) is 53.5 Å². The van der Waals surface area contributed by atoms with Crippen LogP contribution in [0.25, 0.3) is 0 Å². The molecule has 0 aliphatic rings. The summed E-state index contributed by atoms with van der Waals surface area (Å²) in [5.74, 6) is -0.590. The normalized spacial score (nSPS) is 12.1. The molecule has 9 heteroatoms. The number of carbonyl (C=O) groups is 3. The van der Waals surface area contributed by atoms with Gasteiger partial charge in [-0.15, -0.1) is 0 Å². The van der Waals surface area contributed by atoms with Crippen LogP contribution in [0.15, 0.2) is 42.5 Å². The lowest BCUT2D eigenvalue weighted by Gasteiger charge is -2.21. The van der Waals surface area contributed by atoms with Crippen LogP contribution in [0, 0.1) is 0 Å². The first kappa shape index (κ1) is 28.8. The summed E-state index contributed by atoms with van der Waals surface area (Å²) >= 11 is 11.8. The maximum absolute atomic E-state index is 12.9. The van der Waals surface area contributed by atoms with Gasteiger partial charge >= 0.3 is 5.97 Å². The number of rotatable bonds is 13. The number of halogens is 2. The van der Waals surface area contributed by atoms with E-state index in [1.165, 1.54) is 0 Å². The number of hydrogen-bond acceptors (Lipinski definition) is 6. The number of pyridine rings is 1. The van der Waals surface area contributed by atoms with Crippen molar-refractivity contribution in [2.24, 2.45) is 0 Å². The van der Waals surface area contributed by atoms with Gasteiger partial charge in [0.1, 0.15) is 16.5 Å². The summed E-state index contributed by atoms with van der Waals surface area (Å²) < 4.78 is 5.35. The molecule has 190 valence electrons. The summed E-state index contributed by atoms with van der Waals surface area (Å²) in [6.07, 6.45) is 1.70. The Balaban J connectivity index is 1.88. The Morgan fingerprint density at radius 1 is 1.00 bits per heavy atom. The molecule has 0 saturated heterocycles. The first-order valence-corrected chi connectivity index (χ1v) is 12.4. The number of aryl methyl sites for hydroxylation is 1. The zero-order chi connectivity index (χ0) is 25.8. The van der Waals surface area contributed by atoms with E-state index in [4.69, 9.17) is 27.9 Å². The molecule has 1 heterocycles. The van der Waals surface area contributed by atoms with Crippen molar-refractivity contribution < 1.29 is 19.1 Å². The molecule has 1 aromatic carbocycles. The summed E-state index contributed by atoms with van der Waals surface area (Å²) in [6.45, 7) is 5.84. The van der Waals surface area contributed by atoms with Gasteiger partial charge in [0.15, 0.2) is 0 Å². The van der Waals surface area contributed by atoms with E-state index in [1.54, 1.807) is 32.9 Å². The van der Waals surface area contributed by atoms with Gasteiger partial charge in [0.2, 0.25) is 5.91 Å². The van der Waals surface area contributed by atoms with Crippen molar-refractivity contribution in [3.05, 3.63) is 63.9 Å². The van der Waals surface area contributed by atoms with Crippen LogP contribution in [0.1, 0.15) is 57.7 Å². The number of Topliss-reactive ketones (excluding diaryl/α,β-unsaturated/α-hetero) is 1. The topological polar surface area (TPSA) is 97.4 Å². The molecular weight excluding hydrogens is 489 g/mol. The van der Waals surface area contributed by atoms with Gasteiger partial charge < -0.3 is 15.4 Å². The minimum Gasteiger partial charge on any atom is -0.460 e. The van der Waals surface area contributed by atoms with Crippen molar-refractivity contribution in [1.29, 1.82) is 0 Å². The molecule has 1 amide bonds. The van der Waals surface area contributed by atoms with Crippen LogP contribution in [0.4, 0.5) is 0 Å². The van der Waals surface area contributed by atoms with E-state index < -0.39 is 11.6 Å². The van der Waals surface area contributed by atoms with Gasteiger partial charge in [-0.3, -0.25) is 14.4 Å². The summed E-state index contributed by atoms with van der Waals surface area (Å²) in [6, 6.07) is 12.4. The largest absolute Gasteiger partial charge is 0.460 e. The van der Waals surface area contributed by atoms with E-state index in [2.05, 4.69) is 15.6 Å². The number of ether oxygens (including phenoxy) is 1. The zero-order valence-electron chi connectivity index (χ0n) is 20.4. The smallest absolute Gasteiger partial charge is 0.306 e. The standard InChI is InChI=1S/C26H33Cl2N3O4/c1-26(2,3)35-23(33)14-13-22(25(34)30-17-19-10-12-21(27)24(28)31-19)29-16-15-20(32)11-9-18-7-5-4-6-8-18/h4-8,10,12,22,29H,9,11,13-17H2,1-3H3,(H,30,34)/t22-/m1/s1. The predicted octanol–water partition coefficient (Wildman–Crippen LogP) is 4.68. The number of carbonyl (C=O) groups excluding carboxylic acids is 3. The Labute approximate surface area is 216 Å². The van der Waals surface area contributed by atoms with Crippen LogP contribution >= 0.6 is 23.2 Å². The average molecular weight is 522 g/mol. The first-order chi connectivity index (χ1) is 16.5. The lowest BCUT2D eigenvalue weighted by atomic mass is 10.1. The molecule has 0 radical (unpaired) electrons. The number of amides is 1. The Kier molecular flexibility index (Phi) is 11.6. The number of benzene rings is 1. The van der Waals surface area contributed by atoms with E-state index in [9.17, 15) is 14.4 Å². The molecule has 1 atom stereocenters. The third kappa shape index (κ3) is 11.7. The van der Waals surface area contributed by atoms with E-state index in [1.807, 2.05) is 30.3 Å². The second-order valence-corrected chi connectivity index (χ2v) is 9.96. The molecule has 0 spiro atoms. The summed E-state index contributed by atoms with van der Waals surface area (Å²) in [7, 11) is 0. The molecule has 1 aromatic heterocycles. The number of aromatic nitrogens is 1. The summed E-state index contributed by atoms with van der Waals surface area (Å²) in [5, 5.41) is 6.40. The van der Waals surface area contributed by atoms with Gasteiger partial charge in [-0.2, -0.15) is 0 Å². The predicted molar refractivity (Wildman–Crippen MR) is 137 cm³/mol. The van der Waals surface area contributed by atoms with Gasteiger partial charge in [0, 0.05) is 25.8 Å². The van der Waals surface area contributed by atoms with E-state index in [0.29, 0.717) is 30.1 Å². The van der Waals surface area contributed by atoms with Gasteiger partial charge in [0.05, 0.1) is 23.3 Å². The molecular formula is C26H33Cl2N3O4. The fraction of sp³-hybridized carbons (Fsp3) is 0.462. The van der Waals surface area contributed by atoms with E-state index >= 15 is 0 Å². The second-order valence-electron chi connectivity index (χ2n) is 9.20. The van der Waals surface area contributed by atoms with Crippen molar-refractivity contribution in [3.8, 4) is 0 Å². The number of ketones is 1. The Hall–Kier alpha value is -2.48. The highest BCUT2D eigenvalue weighted by Gasteiger charge is 2.22. The number of nitrogens with zero attached hydrogens (tertiary/aromatic N) is 1. The molecule has 0 unspecified atom stereocenters. The summed E-state index contributed by atoms with van der Waals surface area (Å²) in [5.41, 5.74) is 1.06. The molecule has 2 aromatic rings. The van der Waals surface area contributed by atoms with Crippen LogP contribution in [0.2, 0.25) is 10.2 Å². The highest BCUT2D eigenvalue weighted by Crippen LogP contribution is 2.19. The van der Waals surface area contributed by atoms with E-state index in [-0.39, 0.29) is 48.6 Å². The maximum Gasteiger partial charge on any atom is 0.306 e. The number of esters is 1. The Bertz CT molecular complexity index is 994. The second kappa shape index (κ2) is 14.2. The number of nitrogens with one attached hydrogen (secondary N) is 2. The molecule has 2 rings (SSSR count). The van der Waals surface area contributed by atoms with Crippen LogP contribution in [0.3, 0.4) is 0 Å². The average Bonchev–Trinajstić information content (AvgIpc) is 2.80. The number of hydrogen-bond donors (Lipinski definition) is 2. The van der Waals surface area contributed by atoms with E-state index in [0.717, 1.165) is 5.56 Å². The highest BCUT2D eigenvalue weighted by atomic mass is 35.5. The Morgan fingerprint density at radius 3 is 2.37 bits per heavy atom. The first-order valence-electron chi connectivity index (χ1n) is 11.6. The molecule has 35 heavy (non-hydrogen) atoms. The zero-order valence-corrected chi connectivity index (χ0v) is 21.9. The van der Waals surface area contributed by atoms with Gasteiger partial charge in [0.25, 0.3) is 0 Å². The molecule has 0 bridgehead atoms. The minimum absolute atomic E-state index is 0.0648. The fourth-order valence-electron chi connectivity index (χ4n) is 3.27. The molecule has 0 aliphatic heterocycles. The van der Waals surface area contributed by atoms with Crippen LogP contribution < -0.4 is 10.6 Å². The van der Waals surface area contributed by atoms with Crippen molar-refractivity contribution in [2.75, 3.05) is 6.54 Å². The lowest BCUT2D eigenvalue weighted by molar-refractivity contribution is -0.155. The summed E-state index contributed by atoms with van der Waals surface area (Å²) in [4.78, 5) is 41.5. The lowest BCUT2D eigenvalue weighted by Crippen LogP contribution is -2.45. The van der Waals surface area contributed by atoms with Gasteiger partial charge in [-0.25, -0.2) is 4.98 Å². The third-order valence-corrected chi connectivity index (χ3v) is 5.70. The quantitative estimate of drug-likeness (QED) is 0.293. The van der Waals surface area contributed by atoms with Crippen LogP contribution in [0.5, 0.6) is 0 Å². The molecule has 2 N–H and O–H groups in total. The van der Waals surface area contributed by atoms with Crippen molar-refractivity contribution in [2.45, 2.75) is 71.1 Å². The van der Waals surface area contributed by atoms with Crippen molar-refractivity contribution >= 4 is 40.9 Å². The van der Waals surface area contributed by atoms with Crippen LogP contribution in [-0.4, -0.2) is 40.8 Å². The SMILES string of the molecule is CC(C)(C)OC(=O)CC[C@@H](NCCC(=O)CCc1ccccc1)C(=O)NCc1ccc(Cl)c(Cl)n1. The molecule has 0 fully saturated rings. The monoisotopic (exact) mass is 521 g/mol. The maximum atomic E-state index is 12.9. The highest BCUT2D eigenvalue weighted by molar-refractivity contribution is 6.41. The molecule has 7 nitrogen and oxygen atoms in total. The fourth-order valence-corrected chi connectivity index (χ4v) is 3.55. The van der Waals surface area contributed by atoms with Gasteiger partial charge in [-0.05, 0) is 51.3 Å². The van der Waals surface area contributed by atoms with Crippen molar-refractivity contribution in [1.82, 2.24) is 15.6 Å². The minimum atomic E-state index is -0.674. The third-order valence-electron chi connectivity index (χ3n) is 5.01. The van der Waals surface area contributed by atoms with Crippen molar-refractivity contribution in [3.63, 3.8) is 0 Å². The molecule has 0 aliphatic carbocycles.